The molecule has 1 heteroatoms. The van der Waals surface area contributed by atoms with Crippen LogP contribution in [-0.2, 0) is 0 Å². The zero-order valence-corrected chi connectivity index (χ0v) is 10.3. The molecule has 2 aromatic rings. The van der Waals surface area contributed by atoms with Crippen molar-refractivity contribution in [2.75, 3.05) is 6.61 Å². The Bertz CT molecular complexity index is 509. The Balaban J connectivity index is 2.02. The Kier molecular flexibility index (Phi) is 4.37. The van der Waals surface area contributed by atoms with Gasteiger partial charge >= 0.3 is 0 Å². The first-order valence-corrected chi connectivity index (χ1v) is 5.95. The SMILES string of the molecule is C=CCOc1ccc(/C=C/c2ccccc2)cc1. The third-order valence-corrected chi connectivity index (χ3v) is 2.52. The maximum Gasteiger partial charge on any atom is 0.119 e. The molecule has 0 radical (unpaired) electrons. The van der Waals surface area contributed by atoms with E-state index in [0.29, 0.717) is 6.61 Å². The standard InChI is InChI=1S/C17H16O/c1-2-14-18-17-12-10-16(11-13-17)9-8-15-6-4-3-5-7-15/h2-13H,1,14H2/b9-8+. The zero-order valence-electron chi connectivity index (χ0n) is 10.3. The van der Waals surface area contributed by atoms with E-state index >= 15 is 0 Å². The molecule has 0 N–H and O–H groups in total. The summed E-state index contributed by atoms with van der Waals surface area (Å²) in [5, 5.41) is 0. The van der Waals surface area contributed by atoms with Gasteiger partial charge in [0.05, 0.1) is 0 Å². The van der Waals surface area contributed by atoms with Crippen LogP contribution in [0.4, 0.5) is 0 Å². The van der Waals surface area contributed by atoms with Gasteiger partial charge in [0, 0.05) is 0 Å². The molecule has 0 bridgehead atoms. The van der Waals surface area contributed by atoms with Gasteiger partial charge in [-0.25, -0.2) is 0 Å². The van der Waals surface area contributed by atoms with Gasteiger partial charge in [-0.3, -0.25) is 0 Å². The second-order valence-electron chi connectivity index (χ2n) is 3.91. The minimum absolute atomic E-state index is 0.541. The summed E-state index contributed by atoms with van der Waals surface area (Å²) >= 11 is 0. The first-order valence-electron chi connectivity index (χ1n) is 5.95. The summed E-state index contributed by atoms with van der Waals surface area (Å²) < 4.78 is 5.43. The van der Waals surface area contributed by atoms with Crippen LogP contribution >= 0.6 is 0 Å². The predicted octanol–water partition coefficient (Wildman–Crippen LogP) is 4.42. The molecule has 0 spiro atoms. The lowest BCUT2D eigenvalue weighted by Crippen LogP contribution is -1.91. The van der Waals surface area contributed by atoms with Gasteiger partial charge in [0.2, 0.25) is 0 Å². The Morgan fingerprint density at radius 3 is 2.06 bits per heavy atom. The minimum atomic E-state index is 0.541. The zero-order chi connectivity index (χ0) is 12.6. The summed E-state index contributed by atoms with van der Waals surface area (Å²) in [6.07, 6.45) is 5.93. The van der Waals surface area contributed by atoms with Crippen LogP contribution in [0, 0.1) is 0 Å². The molecule has 0 aliphatic carbocycles. The monoisotopic (exact) mass is 236 g/mol. The lowest BCUT2D eigenvalue weighted by Gasteiger charge is -2.02. The fourth-order valence-electron chi connectivity index (χ4n) is 1.59. The molecule has 0 aromatic heterocycles. The molecule has 0 atom stereocenters. The molecule has 2 rings (SSSR count). The largest absolute Gasteiger partial charge is 0.490 e. The van der Waals surface area contributed by atoms with Crippen LogP contribution < -0.4 is 4.74 Å². The molecule has 18 heavy (non-hydrogen) atoms. The van der Waals surface area contributed by atoms with Crippen molar-refractivity contribution < 1.29 is 4.74 Å². The van der Waals surface area contributed by atoms with Gasteiger partial charge in [-0.1, -0.05) is 67.3 Å². The molecule has 2 aromatic carbocycles. The Hall–Kier alpha value is -2.28. The highest BCUT2D eigenvalue weighted by atomic mass is 16.5. The molecular formula is C17H16O. The molecule has 0 heterocycles. The minimum Gasteiger partial charge on any atom is -0.490 e. The van der Waals surface area contributed by atoms with Gasteiger partial charge in [0.1, 0.15) is 12.4 Å². The lowest BCUT2D eigenvalue weighted by atomic mass is 10.1. The van der Waals surface area contributed by atoms with Crippen LogP contribution in [0.25, 0.3) is 12.2 Å². The average Bonchev–Trinajstić information content (AvgIpc) is 2.45. The molecule has 0 aliphatic heterocycles. The van der Waals surface area contributed by atoms with Crippen molar-refractivity contribution in [2.45, 2.75) is 0 Å². The number of hydrogen-bond acceptors (Lipinski definition) is 1. The van der Waals surface area contributed by atoms with E-state index in [0.717, 1.165) is 11.3 Å². The van der Waals surface area contributed by atoms with E-state index in [-0.39, 0.29) is 0 Å². The van der Waals surface area contributed by atoms with Crippen LogP contribution in [0.3, 0.4) is 0 Å². The quantitative estimate of drug-likeness (QED) is 0.551. The van der Waals surface area contributed by atoms with Crippen LogP contribution in [0.15, 0.2) is 67.3 Å². The topological polar surface area (TPSA) is 9.23 Å². The van der Waals surface area contributed by atoms with Gasteiger partial charge < -0.3 is 4.74 Å². The first-order chi connectivity index (χ1) is 8.88. The highest BCUT2D eigenvalue weighted by Gasteiger charge is 1.91. The van der Waals surface area contributed by atoms with Crippen molar-refractivity contribution >= 4 is 12.2 Å². The molecule has 0 aliphatic rings. The Labute approximate surface area is 108 Å². The fraction of sp³-hybridized carbons (Fsp3) is 0.0588. The van der Waals surface area contributed by atoms with Gasteiger partial charge in [0.15, 0.2) is 0 Å². The van der Waals surface area contributed by atoms with Crippen LogP contribution in [0.5, 0.6) is 5.75 Å². The Morgan fingerprint density at radius 1 is 0.833 bits per heavy atom. The van der Waals surface area contributed by atoms with Crippen molar-refractivity contribution in [2.24, 2.45) is 0 Å². The molecule has 0 amide bonds. The molecule has 90 valence electrons. The number of rotatable bonds is 5. The second-order valence-corrected chi connectivity index (χ2v) is 3.91. The maximum atomic E-state index is 5.43. The van der Waals surface area contributed by atoms with E-state index in [9.17, 15) is 0 Å². The number of benzene rings is 2. The van der Waals surface area contributed by atoms with E-state index in [1.54, 1.807) is 6.08 Å². The molecular weight excluding hydrogens is 220 g/mol. The van der Waals surface area contributed by atoms with Gasteiger partial charge in [-0.2, -0.15) is 0 Å². The normalized spacial score (nSPS) is 10.4. The second kappa shape index (κ2) is 6.45. The smallest absolute Gasteiger partial charge is 0.119 e. The number of hydrogen-bond donors (Lipinski definition) is 0. The van der Waals surface area contributed by atoms with E-state index in [1.807, 2.05) is 42.5 Å². The molecule has 0 fully saturated rings. The molecule has 0 saturated heterocycles. The van der Waals surface area contributed by atoms with Crippen molar-refractivity contribution in [1.29, 1.82) is 0 Å². The highest BCUT2D eigenvalue weighted by molar-refractivity contribution is 5.69. The fourth-order valence-corrected chi connectivity index (χ4v) is 1.59. The van der Waals surface area contributed by atoms with E-state index in [4.69, 9.17) is 4.74 Å². The van der Waals surface area contributed by atoms with E-state index in [1.165, 1.54) is 5.56 Å². The van der Waals surface area contributed by atoms with Gasteiger partial charge in [-0.05, 0) is 23.3 Å². The highest BCUT2D eigenvalue weighted by Crippen LogP contribution is 2.14. The van der Waals surface area contributed by atoms with E-state index in [2.05, 4.69) is 30.9 Å². The summed E-state index contributed by atoms with van der Waals surface area (Å²) in [5.41, 5.74) is 2.36. The molecule has 0 saturated carbocycles. The van der Waals surface area contributed by atoms with Gasteiger partial charge in [-0.15, -0.1) is 0 Å². The Morgan fingerprint density at radius 2 is 1.44 bits per heavy atom. The summed E-state index contributed by atoms with van der Waals surface area (Å²) in [6.45, 7) is 4.16. The first kappa shape index (κ1) is 12.2. The summed E-state index contributed by atoms with van der Waals surface area (Å²) in [7, 11) is 0. The van der Waals surface area contributed by atoms with E-state index < -0.39 is 0 Å². The van der Waals surface area contributed by atoms with Crippen molar-refractivity contribution in [3.63, 3.8) is 0 Å². The van der Waals surface area contributed by atoms with Gasteiger partial charge in [0.25, 0.3) is 0 Å². The van der Waals surface area contributed by atoms with Crippen LogP contribution in [-0.4, -0.2) is 6.61 Å². The summed E-state index contributed by atoms with van der Waals surface area (Å²) in [6, 6.07) is 18.3. The summed E-state index contributed by atoms with van der Waals surface area (Å²) in [5.74, 6) is 0.867. The molecule has 0 unspecified atom stereocenters. The average molecular weight is 236 g/mol. The third kappa shape index (κ3) is 3.63. The predicted molar refractivity (Wildman–Crippen MR) is 77.5 cm³/mol. The third-order valence-electron chi connectivity index (χ3n) is 2.52. The van der Waals surface area contributed by atoms with Crippen LogP contribution in [0.1, 0.15) is 11.1 Å². The maximum absolute atomic E-state index is 5.43. The summed E-state index contributed by atoms with van der Waals surface area (Å²) in [4.78, 5) is 0. The van der Waals surface area contributed by atoms with Crippen LogP contribution in [0.2, 0.25) is 0 Å². The van der Waals surface area contributed by atoms with Crippen molar-refractivity contribution in [3.8, 4) is 5.75 Å². The van der Waals surface area contributed by atoms with Crippen molar-refractivity contribution in [1.82, 2.24) is 0 Å². The lowest BCUT2D eigenvalue weighted by molar-refractivity contribution is 0.363. The van der Waals surface area contributed by atoms with Crippen molar-refractivity contribution in [3.05, 3.63) is 78.4 Å². The molecule has 1 nitrogen and oxygen atoms in total. The number of ether oxygens (including phenoxy) is 1.